The van der Waals surface area contributed by atoms with Crippen LogP contribution in [-0.4, -0.2) is 28.6 Å². The fourth-order valence-electron chi connectivity index (χ4n) is 1.79. The summed E-state index contributed by atoms with van der Waals surface area (Å²) in [7, 11) is 0. The molecule has 14 heavy (non-hydrogen) atoms. The summed E-state index contributed by atoms with van der Waals surface area (Å²) in [4.78, 5) is 16.0. The topological polar surface area (TPSA) is 62.2 Å². The number of aliphatic carboxylic acids is 1. The number of carboxylic acids is 1. The largest absolute Gasteiger partial charge is 0.480 e. The zero-order valence-corrected chi connectivity index (χ0v) is 8.46. The number of nitrogens with zero attached hydrogens (tertiary/aromatic N) is 1. The Morgan fingerprint density at radius 1 is 1.71 bits per heavy atom. The van der Waals surface area contributed by atoms with Crippen LogP contribution in [0.5, 0.6) is 0 Å². The van der Waals surface area contributed by atoms with E-state index in [0.717, 1.165) is 13.0 Å². The smallest absolute Gasteiger partial charge is 0.320 e. The number of piperidine rings is 1. The molecule has 0 aliphatic carbocycles. The Kier molecular flexibility index (Phi) is 2.79. The molecule has 2 rings (SSSR count). The Bertz CT molecular complexity index is 313. The number of carboxylic acid groups (broad SMARTS) is 1. The van der Waals surface area contributed by atoms with Gasteiger partial charge in [0.15, 0.2) is 0 Å². The molecule has 1 fully saturated rings. The van der Waals surface area contributed by atoms with Crippen molar-refractivity contribution >= 4 is 17.3 Å². The predicted molar refractivity (Wildman–Crippen MR) is 53.5 cm³/mol. The maximum absolute atomic E-state index is 10.8. The van der Waals surface area contributed by atoms with Crippen LogP contribution in [-0.2, 0) is 4.79 Å². The van der Waals surface area contributed by atoms with Crippen LogP contribution in [0.1, 0.15) is 23.6 Å². The fourth-order valence-corrected chi connectivity index (χ4v) is 2.56. The van der Waals surface area contributed by atoms with Crippen molar-refractivity contribution in [2.24, 2.45) is 0 Å². The van der Waals surface area contributed by atoms with E-state index in [1.54, 1.807) is 16.8 Å². The number of carbonyl (C=O) groups is 1. The van der Waals surface area contributed by atoms with Crippen LogP contribution in [0.2, 0.25) is 0 Å². The second kappa shape index (κ2) is 4.06. The number of thiazole rings is 1. The molecule has 1 aromatic rings. The van der Waals surface area contributed by atoms with Crippen molar-refractivity contribution in [2.45, 2.75) is 24.8 Å². The third-order valence-electron chi connectivity index (χ3n) is 2.56. The second-order valence-electron chi connectivity index (χ2n) is 3.47. The molecule has 0 aromatic carbocycles. The van der Waals surface area contributed by atoms with Crippen molar-refractivity contribution in [1.29, 1.82) is 0 Å². The van der Waals surface area contributed by atoms with E-state index in [-0.39, 0.29) is 0 Å². The lowest BCUT2D eigenvalue weighted by molar-refractivity contribution is -0.140. The van der Waals surface area contributed by atoms with Gasteiger partial charge in [0.25, 0.3) is 0 Å². The third kappa shape index (κ3) is 1.93. The minimum Gasteiger partial charge on any atom is -0.480 e. The molecule has 5 heteroatoms. The van der Waals surface area contributed by atoms with Gasteiger partial charge in [-0.15, -0.1) is 11.3 Å². The third-order valence-corrected chi connectivity index (χ3v) is 3.49. The van der Waals surface area contributed by atoms with Gasteiger partial charge in [-0.1, -0.05) is 0 Å². The van der Waals surface area contributed by atoms with Crippen LogP contribution < -0.4 is 5.32 Å². The van der Waals surface area contributed by atoms with E-state index in [1.165, 1.54) is 4.88 Å². The lowest BCUT2D eigenvalue weighted by Gasteiger charge is -2.26. The van der Waals surface area contributed by atoms with Crippen molar-refractivity contribution in [1.82, 2.24) is 10.3 Å². The fraction of sp³-hybridized carbons (Fsp3) is 0.556. The van der Waals surface area contributed by atoms with Crippen molar-refractivity contribution < 1.29 is 9.90 Å². The van der Waals surface area contributed by atoms with Gasteiger partial charge in [0.05, 0.1) is 5.51 Å². The Labute approximate surface area is 86.0 Å². The van der Waals surface area contributed by atoms with E-state index < -0.39 is 12.0 Å². The van der Waals surface area contributed by atoms with E-state index in [0.29, 0.717) is 12.3 Å². The summed E-state index contributed by atoms with van der Waals surface area (Å²) >= 11 is 1.61. The Hall–Kier alpha value is -0.940. The first-order chi connectivity index (χ1) is 6.77. The summed E-state index contributed by atoms with van der Waals surface area (Å²) in [5.41, 5.74) is 1.80. The van der Waals surface area contributed by atoms with E-state index >= 15 is 0 Å². The molecular formula is C9H12N2O2S. The Balaban J connectivity index is 2.04. The van der Waals surface area contributed by atoms with Crippen LogP contribution in [0.3, 0.4) is 0 Å². The highest BCUT2D eigenvalue weighted by atomic mass is 32.1. The van der Waals surface area contributed by atoms with Crippen LogP contribution in [0.15, 0.2) is 11.7 Å². The molecule has 0 amide bonds. The molecule has 1 aliphatic heterocycles. The zero-order chi connectivity index (χ0) is 9.97. The average molecular weight is 212 g/mol. The molecule has 0 saturated carbocycles. The molecule has 0 radical (unpaired) electrons. The predicted octanol–water partition coefficient (Wildman–Crippen LogP) is 1.06. The zero-order valence-electron chi connectivity index (χ0n) is 7.64. The highest BCUT2D eigenvalue weighted by molar-refractivity contribution is 7.09. The summed E-state index contributed by atoms with van der Waals surface area (Å²) in [5.74, 6) is -0.385. The molecule has 76 valence electrons. The van der Waals surface area contributed by atoms with E-state index in [9.17, 15) is 4.79 Å². The van der Waals surface area contributed by atoms with E-state index in [1.807, 2.05) is 6.20 Å². The maximum Gasteiger partial charge on any atom is 0.320 e. The molecule has 1 aromatic heterocycles. The van der Waals surface area contributed by atoms with Crippen molar-refractivity contribution in [3.63, 3.8) is 0 Å². The first kappa shape index (κ1) is 9.61. The van der Waals surface area contributed by atoms with Crippen molar-refractivity contribution in [3.05, 3.63) is 16.6 Å². The first-order valence-corrected chi connectivity index (χ1v) is 5.50. The van der Waals surface area contributed by atoms with Crippen molar-refractivity contribution in [3.8, 4) is 0 Å². The second-order valence-corrected chi connectivity index (χ2v) is 4.39. The van der Waals surface area contributed by atoms with Gasteiger partial charge in [-0.05, 0) is 25.3 Å². The summed E-state index contributed by atoms with van der Waals surface area (Å²) in [6, 6.07) is -0.393. The van der Waals surface area contributed by atoms with Crippen LogP contribution in [0.25, 0.3) is 0 Å². The number of hydrogen-bond acceptors (Lipinski definition) is 4. The molecule has 1 saturated heterocycles. The first-order valence-electron chi connectivity index (χ1n) is 4.62. The quantitative estimate of drug-likeness (QED) is 0.769. The normalized spacial score (nSPS) is 27.4. The SMILES string of the molecule is O=C(O)C1CC(c2cncs2)CCN1. The summed E-state index contributed by atoms with van der Waals surface area (Å²) < 4.78 is 0. The van der Waals surface area contributed by atoms with Crippen LogP contribution >= 0.6 is 11.3 Å². The monoisotopic (exact) mass is 212 g/mol. The number of nitrogens with one attached hydrogen (secondary N) is 1. The van der Waals surface area contributed by atoms with Gasteiger partial charge in [-0.3, -0.25) is 9.78 Å². The summed E-state index contributed by atoms with van der Waals surface area (Å²) in [6.45, 7) is 0.777. The molecule has 4 nitrogen and oxygen atoms in total. The molecule has 1 aliphatic rings. The summed E-state index contributed by atoms with van der Waals surface area (Å²) in [6.07, 6.45) is 3.53. The minimum atomic E-state index is -0.751. The highest BCUT2D eigenvalue weighted by Gasteiger charge is 2.27. The molecule has 2 heterocycles. The minimum absolute atomic E-state index is 0.366. The number of rotatable bonds is 2. The van der Waals surface area contributed by atoms with Gasteiger partial charge in [0.1, 0.15) is 6.04 Å². The lowest BCUT2D eigenvalue weighted by atomic mass is 9.91. The average Bonchev–Trinajstić information content (AvgIpc) is 2.71. The summed E-state index contributed by atoms with van der Waals surface area (Å²) in [5, 5.41) is 11.9. The van der Waals surface area contributed by atoms with Gasteiger partial charge in [-0.25, -0.2) is 0 Å². The van der Waals surface area contributed by atoms with E-state index in [2.05, 4.69) is 10.3 Å². The highest BCUT2D eigenvalue weighted by Crippen LogP contribution is 2.29. The van der Waals surface area contributed by atoms with Crippen molar-refractivity contribution in [2.75, 3.05) is 6.54 Å². The van der Waals surface area contributed by atoms with Gasteiger partial charge < -0.3 is 10.4 Å². The van der Waals surface area contributed by atoms with Crippen LogP contribution in [0, 0.1) is 0 Å². The lowest BCUT2D eigenvalue weighted by Crippen LogP contribution is -2.42. The Morgan fingerprint density at radius 3 is 3.21 bits per heavy atom. The molecular weight excluding hydrogens is 200 g/mol. The maximum atomic E-state index is 10.8. The molecule has 0 bridgehead atoms. The van der Waals surface area contributed by atoms with Gasteiger partial charge >= 0.3 is 5.97 Å². The molecule has 2 N–H and O–H groups in total. The molecule has 2 atom stereocenters. The van der Waals surface area contributed by atoms with Gasteiger partial charge in [0.2, 0.25) is 0 Å². The van der Waals surface area contributed by atoms with Gasteiger partial charge in [0, 0.05) is 11.1 Å². The molecule has 2 unspecified atom stereocenters. The van der Waals surface area contributed by atoms with Crippen LogP contribution in [0.4, 0.5) is 0 Å². The Morgan fingerprint density at radius 2 is 2.57 bits per heavy atom. The number of hydrogen-bond donors (Lipinski definition) is 2. The molecule has 0 spiro atoms. The number of aromatic nitrogens is 1. The van der Waals surface area contributed by atoms with Gasteiger partial charge in [-0.2, -0.15) is 0 Å². The van der Waals surface area contributed by atoms with E-state index in [4.69, 9.17) is 5.11 Å². The standard InChI is InChI=1S/C9H12N2O2S/c12-9(13)7-3-6(1-2-11-7)8-4-10-5-14-8/h4-7,11H,1-3H2,(H,12,13).